The summed E-state index contributed by atoms with van der Waals surface area (Å²) in [6.07, 6.45) is 1.80. The number of halogens is 1. The smallest absolute Gasteiger partial charge is 0.236 e. The maximum absolute atomic E-state index is 14.1. The second-order valence-electron chi connectivity index (χ2n) is 12.1. The van der Waals surface area contributed by atoms with Crippen LogP contribution in [0.4, 0.5) is 15.9 Å². The van der Waals surface area contributed by atoms with Crippen molar-refractivity contribution in [1.29, 1.82) is 0 Å². The molecule has 2 fully saturated rings. The molecule has 3 aromatic rings. The Bertz CT molecular complexity index is 1400. The summed E-state index contributed by atoms with van der Waals surface area (Å²) in [6.45, 7) is 16.4. The molecule has 0 unspecified atom stereocenters. The molecule has 0 saturated carbocycles. The molecule has 40 heavy (non-hydrogen) atoms. The highest BCUT2D eigenvalue weighted by Gasteiger charge is 2.36. The van der Waals surface area contributed by atoms with Crippen molar-refractivity contribution >= 4 is 17.4 Å². The molecule has 6 nitrogen and oxygen atoms in total. The van der Waals surface area contributed by atoms with E-state index in [1.54, 1.807) is 23.2 Å². The van der Waals surface area contributed by atoms with Gasteiger partial charge in [-0.2, -0.15) is 0 Å². The van der Waals surface area contributed by atoms with Crippen molar-refractivity contribution in [3.8, 4) is 11.1 Å². The number of fused-ring (bicyclic) bond motifs is 1. The topological polar surface area (TPSA) is 48.9 Å². The van der Waals surface area contributed by atoms with Gasteiger partial charge in [0.15, 0.2) is 0 Å². The largest absolute Gasteiger partial charge is 0.378 e. The summed E-state index contributed by atoms with van der Waals surface area (Å²) in [7, 11) is 1.81. The zero-order valence-electron chi connectivity index (χ0n) is 24.8. The molecular formula is C33H41FN4O2. The third-order valence-electron chi connectivity index (χ3n) is 8.57. The summed E-state index contributed by atoms with van der Waals surface area (Å²) in [5, 5.41) is 0. The third kappa shape index (κ3) is 5.37. The molecule has 0 bridgehead atoms. The number of benzene rings is 2. The summed E-state index contributed by atoms with van der Waals surface area (Å²) in [6, 6.07) is 13.8. The minimum absolute atomic E-state index is 0.0330. The van der Waals surface area contributed by atoms with E-state index in [9.17, 15) is 9.18 Å². The first-order valence-electron chi connectivity index (χ1n) is 14.2. The lowest BCUT2D eigenvalue weighted by molar-refractivity contribution is -0.122. The minimum Gasteiger partial charge on any atom is -0.378 e. The van der Waals surface area contributed by atoms with E-state index in [2.05, 4.69) is 54.8 Å². The molecule has 0 spiro atoms. The predicted molar refractivity (Wildman–Crippen MR) is 160 cm³/mol. The van der Waals surface area contributed by atoms with E-state index < -0.39 is 5.41 Å². The van der Waals surface area contributed by atoms with Crippen molar-refractivity contribution in [2.75, 3.05) is 49.7 Å². The molecule has 0 aliphatic carbocycles. The lowest BCUT2D eigenvalue weighted by Gasteiger charge is -2.47. The first-order chi connectivity index (χ1) is 19.0. The average Bonchev–Trinajstić information content (AvgIpc) is 2.91. The Balaban J connectivity index is 1.56. The Labute approximate surface area is 237 Å². The number of carbonyl (C=O) groups is 1. The fourth-order valence-electron chi connectivity index (χ4n) is 6.26. The summed E-state index contributed by atoms with van der Waals surface area (Å²) >= 11 is 0. The van der Waals surface area contributed by atoms with Crippen molar-refractivity contribution in [3.63, 3.8) is 0 Å². The van der Waals surface area contributed by atoms with Crippen LogP contribution < -0.4 is 9.80 Å². The van der Waals surface area contributed by atoms with E-state index in [-0.39, 0.29) is 17.8 Å². The Kier molecular flexibility index (Phi) is 7.73. The van der Waals surface area contributed by atoms with Gasteiger partial charge in [-0.25, -0.2) is 9.37 Å². The Hall–Kier alpha value is -3.29. The number of pyridine rings is 1. The molecule has 5 rings (SSSR count). The number of amides is 1. The van der Waals surface area contributed by atoms with E-state index in [0.29, 0.717) is 11.7 Å². The molecule has 1 aromatic heterocycles. The van der Waals surface area contributed by atoms with Gasteiger partial charge in [0.2, 0.25) is 5.91 Å². The molecule has 2 aliphatic rings. The molecule has 2 aromatic carbocycles. The summed E-state index contributed by atoms with van der Waals surface area (Å²) in [5.74, 6) is 0.545. The minimum atomic E-state index is -0.759. The number of aryl methyl sites for hydroxylation is 3. The standard InChI is InChI=1S/C33H41FN4O2/c1-21-12-22(2)14-25(13-21)33(5,6)32(39)36(7)30-17-35-31(16-29(30)28-9-8-26(34)15-23(28)3)38-19-27-20-40-11-10-37(27)18-24(38)4/h8-9,12-17,24,27H,10-11,18-20H2,1-7H3/t24-,27+/m1/s1. The van der Waals surface area contributed by atoms with Gasteiger partial charge in [0, 0.05) is 38.3 Å². The molecule has 0 radical (unpaired) electrons. The Morgan fingerprint density at radius 3 is 2.48 bits per heavy atom. The van der Waals surface area contributed by atoms with Crippen LogP contribution in [0.25, 0.3) is 11.1 Å². The van der Waals surface area contributed by atoms with Gasteiger partial charge in [0.05, 0.1) is 36.6 Å². The SMILES string of the molecule is Cc1cc(C)cc(C(C)(C)C(=O)N(C)c2cnc(N3C[C@H]4COCCN4C[C@H]3C)cc2-c2ccc(F)cc2C)c1. The van der Waals surface area contributed by atoms with Crippen LogP contribution in [0.15, 0.2) is 48.7 Å². The fourth-order valence-corrected chi connectivity index (χ4v) is 6.26. The van der Waals surface area contributed by atoms with Crippen LogP contribution in [0.5, 0.6) is 0 Å². The molecule has 1 amide bonds. The van der Waals surface area contributed by atoms with E-state index >= 15 is 0 Å². The Morgan fingerprint density at radius 1 is 1.05 bits per heavy atom. The van der Waals surface area contributed by atoms with Crippen molar-refractivity contribution in [3.05, 3.63) is 76.7 Å². The van der Waals surface area contributed by atoms with E-state index in [4.69, 9.17) is 9.72 Å². The van der Waals surface area contributed by atoms with Crippen molar-refractivity contribution < 1.29 is 13.9 Å². The van der Waals surface area contributed by atoms with Gasteiger partial charge in [-0.1, -0.05) is 35.4 Å². The number of hydrogen-bond donors (Lipinski definition) is 0. The molecule has 2 atom stereocenters. The number of likely N-dealkylation sites (N-methyl/N-ethyl adjacent to an activating group) is 1. The van der Waals surface area contributed by atoms with Gasteiger partial charge in [0.1, 0.15) is 11.6 Å². The zero-order valence-corrected chi connectivity index (χ0v) is 24.8. The van der Waals surface area contributed by atoms with Gasteiger partial charge in [-0.15, -0.1) is 0 Å². The van der Waals surface area contributed by atoms with Crippen molar-refractivity contribution in [2.45, 2.75) is 59.0 Å². The van der Waals surface area contributed by atoms with Gasteiger partial charge >= 0.3 is 0 Å². The van der Waals surface area contributed by atoms with Gasteiger partial charge in [-0.3, -0.25) is 9.69 Å². The average molecular weight is 545 g/mol. The van der Waals surface area contributed by atoms with Gasteiger partial charge in [-0.05, 0) is 76.4 Å². The summed E-state index contributed by atoms with van der Waals surface area (Å²) < 4.78 is 19.9. The van der Waals surface area contributed by atoms with Crippen molar-refractivity contribution in [1.82, 2.24) is 9.88 Å². The number of aromatic nitrogens is 1. The molecular weight excluding hydrogens is 503 g/mol. The summed E-state index contributed by atoms with van der Waals surface area (Å²) in [5.41, 5.74) is 5.74. The molecule has 2 saturated heterocycles. The first kappa shape index (κ1) is 28.2. The second kappa shape index (κ2) is 10.9. The normalized spacial score (nSPS) is 19.9. The quantitative estimate of drug-likeness (QED) is 0.415. The molecule has 0 N–H and O–H groups in total. The second-order valence-corrected chi connectivity index (χ2v) is 12.1. The van der Waals surface area contributed by atoms with Crippen LogP contribution in [0.3, 0.4) is 0 Å². The monoisotopic (exact) mass is 544 g/mol. The first-order valence-corrected chi connectivity index (χ1v) is 14.2. The molecule has 212 valence electrons. The number of morpholine rings is 1. The fraction of sp³-hybridized carbons (Fsp3) is 0.455. The molecule has 2 aliphatic heterocycles. The number of piperazine rings is 1. The van der Waals surface area contributed by atoms with Crippen LogP contribution in [0.2, 0.25) is 0 Å². The van der Waals surface area contributed by atoms with E-state index in [1.165, 1.54) is 6.07 Å². The number of rotatable bonds is 5. The highest BCUT2D eigenvalue weighted by molar-refractivity contribution is 6.03. The van der Waals surface area contributed by atoms with E-state index in [0.717, 1.165) is 72.0 Å². The number of nitrogens with zero attached hydrogens (tertiary/aromatic N) is 4. The number of ether oxygens (including phenoxy) is 1. The summed E-state index contributed by atoms with van der Waals surface area (Å²) in [4.78, 5) is 25.6. The number of anilines is 2. The predicted octanol–water partition coefficient (Wildman–Crippen LogP) is 5.66. The number of carbonyl (C=O) groups excluding carboxylic acids is 1. The van der Waals surface area contributed by atoms with Crippen LogP contribution in [0.1, 0.15) is 43.0 Å². The zero-order chi connectivity index (χ0) is 28.8. The molecule has 7 heteroatoms. The van der Waals surface area contributed by atoms with Gasteiger partial charge in [0.25, 0.3) is 0 Å². The maximum Gasteiger partial charge on any atom is 0.236 e. The highest BCUT2D eigenvalue weighted by atomic mass is 19.1. The van der Waals surface area contributed by atoms with E-state index in [1.807, 2.05) is 27.8 Å². The Morgan fingerprint density at radius 2 is 1.77 bits per heavy atom. The van der Waals surface area contributed by atoms with Crippen LogP contribution in [-0.2, 0) is 14.9 Å². The van der Waals surface area contributed by atoms with Crippen LogP contribution in [0, 0.1) is 26.6 Å². The van der Waals surface area contributed by atoms with Crippen LogP contribution in [-0.4, -0.2) is 67.8 Å². The molecule has 3 heterocycles. The van der Waals surface area contributed by atoms with Crippen LogP contribution >= 0.6 is 0 Å². The van der Waals surface area contributed by atoms with Crippen molar-refractivity contribution in [2.24, 2.45) is 0 Å². The third-order valence-corrected chi connectivity index (χ3v) is 8.57. The lowest BCUT2D eigenvalue weighted by atomic mass is 9.81. The number of hydrogen-bond acceptors (Lipinski definition) is 5. The lowest BCUT2D eigenvalue weighted by Crippen LogP contribution is -2.61. The maximum atomic E-state index is 14.1. The highest BCUT2D eigenvalue weighted by Crippen LogP contribution is 2.38. The van der Waals surface area contributed by atoms with Gasteiger partial charge < -0.3 is 14.5 Å².